The molecule has 168 valence electrons. The SMILES string of the molecule is Cc1noc(C)c1S(=O)(=O)N1CCCC(N(CCN2CCOCC2)C(=O)C2CC2)C1. The van der Waals surface area contributed by atoms with E-state index in [1.54, 1.807) is 13.8 Å². The number of nitrogens with zero attached hydrogens (tertiary/aromatic N) is 4. The summed E-state index contributed by atoms with van der Waals surface area (Å²) in [7, 11) is -3.70. The van der Waals surface area contributed by atoms with Crippen molar-refractivity contribution in [2.45, 2.75) is 50.5 Å². The van der Waals surface area contributed by atoms with Gasteiger partial charge in [-0.05, 0) is 39.5 Å². The number of rotatable bonds is 7. The lowest BCUT2D eigenvalue weighted by Gasteiger charge is -2.40. The molecule has 2 aliphatic heterocycles. The van der Waals surface area contributed by atoms with Crippen molar-refractivity contribution >= 4 is 15.9 Å². The molecule has 0 N–H and O–H groups in total. The van der Waals surface area contributed by atoms with Crippen LogP contribution >= 0.6 is 0 Å². The van der Waals surface area contributed by atoms with E-state index in [2.05, 4.69) is 10.1 Å². The fourth-order valence-electron chi connectivity index (χ4n) is 4.48. The maximum absolute atomic E-state index is 13.3. The van der Waals surface area contributed by atoms with Crippen LogP contribution in [0.15, 0.2) is 9.42 Å². The van der Waals surface area contributed by atoms with E-state index in [1.165, 1.54) is 4.31 Å². The van der Waals surface area contributed by atoms with Crippen LogP contribution < -0.4 is 0 Å². The maximum atomic E-state index is 13.3. The number of amides is 1. The van der Waals surface area contributed by atoms with Crippen molar-refractivity contribution in [2.24, 2.45) is 5.92 Å². The highest BCUT2D eigenvalue weighted by atomic mass is 32.2. The molecule has 30 heavy (non-hydrogen) atoms. The van der Waals surface area contributed by atoms with Crippen LogP contribution in [-0.2, 0) is 19.6 Å². The Balaban J connectivity index is 1.48. The van der Waals surface area contributed by atoms with Crippen LogP contribution in [0, 0.1) is 19.8 Å². The van der Waals surface area contributed by atoms with Crippen LogP contribution in [0.4, 0.5) is 0 Å². The summed E-state index contributed by atoms with van der Waals surface area (Å²) in [6.45, 7) is 8.70. The van der Waals surface area contributed by atoms with Gasteiger partial charge in [-0.2, -0.15) is 4.31 Å². The van der Waals surface area contributed by atoms with Gasteiger partial charge in [-0.25, -0.2) is 8.42 Å². The Labute approximate surface area is 178 Å². The molecule has 2 saturated heterocycles. The van der Waals surface area contributed by atoms with E-state index in [9.17, 15) is 13.2 Å². The molecule has 3 aliphatic rings. The van der Waals surface area contributed by atoms with E-state index in [-0.39, 0.29) is 22.8 Å². The molecule has 1 aromatic heterocycles. The van der Waals surface area contributed by atoms with Gasteiger partial charge < -0.3 is 14.2 Å². The Morgan fingerprint density at radius 2 is 1.90 bits per heavy atom. The first-order valence-electron chi connectivity index (χ1n) is 10.9. The van der Waals surface area contributed by atoms with Gasteiger partial charge in [0.05, 0.1) is 13.2 Å². The van der Waals surface area contributed by atoms with Crippen LogP contribution in [0.2, 0.25) is 0 Å². The third-order valence-corrected chi connectivity index (χ3v) is 8.45. The Morgan fingerprint density at radius 1 is 1.17 bits per heavy atom. The molecule has 0 aromatic carbocycles. The number of carbonyl (C=O) groups is 1. The minimum absolute atomic E-state index is 0.0943. The lowest BCUT2D eigenvalue weighted by atomic mass is 10.0. The van der Waals surface area contributed by atoms with Crippen molar-refractivity contribution < 1.29 is 22.5 Å². The molecule has 1 atom stereocenters. The second kappa shape index (κ2) is 8.94. The average Bonchev–Trinajstić information content (AvgIpc) is 3.53. The molecule has 1 saturated carbocycles. The summed E-state index contributed by atoms with van der Waals surface area (Å²) in [5.74, 6) is 0.613. The van der Waals surface area contributed by atoms with Crippen molar-refractivity contribution in [1.29, 1.82) is 0 Å². The lowest BCUT2D eigenvalue weighted by Crippen LogP contribution is -2.54. The Morgan fingerprint density at radius 3 is 2.53 bits per heavy atom. The summed E-state index contributed by atoms with van der Waals surface area (Å²) in [4.78, 5) is 17.5. The molecular weight excluding hydrogens is 408 g/mol. The normalized spacial score (nSPS) is 24.1. The zero-order valence-corrected chi connectivity index (χ0v) is 18.7. The van der Waals surface area contributed by atoms with Crippen LogP contribution in [0.1, 0.15) is 37.1 Å². The molecule has 10 heteroatoms. The first-order chi connectivity index (χ1) is 14.4. The Kier molecular flexibility index (Phi) is 6.47. The van der Waals surface area contributed by atoms with Crippen molar-refractivity contribution in [3.05, 3.63) is 11.5 Å². The number of hydrogen-bond acceptors (Lipinski definition) is 7. The van der Waals surface area contributed by atoms with Crippen molar-refractivity contribution in [2.75, 3.05) is 52.5 Å². The van der Waals surface area contributed by atoms with Crippen molar-refractivity contribution in [3.8, 4) is 0 Å². The summed E-state index contributed by atoms with van der Waals surface area (Å²) in [6.07, 6.45) is 3.45. The molecular formula is C20H32N4O5S. The number of aromatic nitrogens is 1. The number of carbonyl (C=O) groups excluding carboxylic acids is 1. The van der Waals surface area contributed by atoms with E-state index < -0.39 is 10.0 Å². The average molecular weight is 441 g/mol. The second-order valence-electron chi connectivity index (χ2n) is 8.57. The molecule has 0 radical (unpaired) electrons. The minimum Gasteiger partial charge on any atom is -0.379 e. The van der Waals surface area contributed by atoms with Gasteiger partial charge >= 0.3 is 0 Å². The van der Waals surface area contributed by atoms with Gasteiger partial charge in [0.15, 0.2) is 5.76 Å². The number of ether oxygens (including phenoxy) is 1. The standard InChI is InChI=1S/C20H32N4O5S/c1-15-19(16(2)29-21-15)30(26,27)23-7-3-4-18(14-23)24(20(25)17-5-6-17)9-8-22-10-12-28-13-11-22/h17-18H,3-14H2,1-2H3. The number of sulfonamides is 1. The van der Waals surface area contributed by atoms with Gasteiger partial charge in [0.25, 0.3) is 0 Å². The zero-order chi connectivity index (χ0) is 21.3. The van der Waals surface area contributed by atoms with E-state index in [1.807, 2.05) is 4.90 Å². The minimum atomic E-state index is -3.70. The van der Waals surface area contributed by atoms with Crippen LogP contribution in [0.25, 0.3) is 0 Å². The molecule has 4 rings (SSSR count). The predicted octanol–water partition coefficient (Wildman–Crippen LogP) is 1.02. The number of morpholine rings is 1. The second-order valence-corrected chi connectivity index (χ2v) is 10.4. The van der Waals surface area contributed by atoms with E-state index in [4.69, 9.17) is 9.26 Å². The predicted molar refractivity (Wildman–Crippen MR) is 109 cm³/mol. The zero-order valence-electron chi connectivity index (χ0n) is 17.9. The molecule has 1 aromatic rings. The smallest absolute Gasteiger partial charge is 0.248 e. The number of hydrogen-bond donors (Lipinski definition) is 0. The van der Waals surface area contributed by atoms with E-state index >= 15 is 0 Å². The monoisotopic (exact) mass is 440 g/mol. The summed E-state index contributed by atoms with van der Waals surface area (Å²) >= 11 is 0. The quantitative estimate of drug-likeness (QED) is 0.624. The molecule has 1 aliphatic carbocycles. The fourth-order valence-corrected chi connectivity index (χ4v) is 6.28. The van der Waals surface area contributed by atoms with Gasteiger partial charge in [-0.15, -0.1) is 0 Å². The van der Waals surface area contributed by atoms with Gasteiger partial charge in [0, 0.05) is 51.2 Å². The van der Waals surface area contributed by atoms with Crippen LogP contribution in [0.3, 0.4) is 0 Å². The lowest BCUT2D eigenvalue weighted by molar-refractivity contribution is -0.136. The fraction of sp³-hybridized carbons (Fsp3) is 0.800. The van der Waals surface area contributed by atoms with Gasteiger partial charge in [-0.3, -0.25) is 9.69 Å². The topological polar surface area (TPSA) is 96.2 Å². The Bertz CT molecular complexity index is 841. The molecule has 3 heterocycles. The summed E-state index contributed by atoms with van der Waals surface area (Å²) in [5, 5.41) is 3.81. The highest BCUT2D eigenvalue weighted by molar-refractivity contribution is 7.89. The first-order valence-corrected chi connectivity index (χ1v) is 12.4. The molecule has 3 fully saturated rings. The molecule has 0 bridgehead atoms. The highest BCUT2D eigenvalue weighted by Crippen LogP contribution is 2.33. The van der Waals surface area contributed by atoms with E-state index in [0.29, 0.717) is 31.1 Å². The number of aryl methyl sites for hydroxylation is 2. The molecule has 0 spiro atoms. The summed E-state index contributed by atoms with van der Waals surface area (Å²) < 4.78 is 38.6. The third kappa shape index (κ3) is 4.56. The molecule has 1 unspecified atom stereocenters. The molecule has 1 amide bonds. The number of piperidine rings is 1. The van der Waals surface area contributed by atoms with Crippen molar-refractivity contribution in [3.63, 3.8) is 0 Å². The van der Waals surface area contributed by atoms with Gasteiger partial charge in [0.1, 0.15) is 10.6 Å². The summed E-state index contributed by atoms with van der Waals surface area (Å²) in [5.41, 5.74) is 0.382. The van der Waals surface area contributed by atoms with Crippen LogP contribution in [0.5, 0.6) is 0 Å². The first kappa shape index (κ1) is 21.7. The van der Waals surface area contributed by atoms with Gasteiger partial charge in [-0.1, -0.05) is 5.16 Å². The van der Waals surface area contributed by atoms with Gasteiger partial charge in [0.2, 0.25) is 15.9 Å². The summed E-state index contributed by atoms with van der Waals surface area (Å²) in [6, 6.07) is -0.0943. The van der Waals surface area contributed by atoms with Crippen LogP contribution in [-0.4, -0.2) is 92.1 Å². The molecule has 9 nitrogen and oxygen atoms in total. The van der Waals surface area contributed by atoms with Crippen molar-refractivity contribution in [1.82, 2.24) is 19.3 Å². The Hall–Kier alpha value is -1.49. The maximum Gasteiger partial charge on any atom is 0.248 e. The van der Waals surface area contributed by atoms with E-state index in [0.717, 1.165) is 58.5 Å². The highest BCUT2D eigenvalue weighted by Gasteiger charge is 2.40. The third-order valence-electron chi connectivity index (χ3n) is 6.34. The largest absolute Gasteiger partial charge is 0.379 e.